The number of rotatable bonds is 5. The Bertz CT molecular complexity index is 380. The van der Waals surface area contributed by atoms with Crippen LogP contribution in [0.25, 0.3) is 0 Å². The predicted octanol–water partition coefficient (Wildman–Crippen LogP) is 0.966. The van der Waals surface area contributed by atoms with Crippen LogP contribution < -0.4 is 5.32 Å². The predicted molar refractivity (Wildman–Crippen MR) is 67.0 cm³/mol. The number of likely N-dealkylation sites (N-methyl/N-ethyl adjacent to an activating group) is 1. The molecule has 0 saturated carbocycles. The van der Waals surface area contributed by atoms with Crippen LogP contribution in [0.5, 0.6) is 0 Å². The van der Waals surface area contributed by atoms with Gasteiger partial charge in [-0.2, -0.15) is 0 Å². The molecule has 1 unspecified atom stereocenters. The van der Waals surface area contributed by atoms with Crippen LogP contribution in [0.3, 0.4) is 0 Å². The summed E-state index contributed by atoms with van der Waals surface area (Å²) in [4.78, 5) is 17.6. The van der Waals surface area contributed by atoms with E-state index in [0.29, 0.717) is 17.9 Å². The molecule has 5 heteroatoms. The fraction of sp³-hybridized carbons (Fsp3) is 0.500. The lowest BCUT2D eigenvalue weighted by Gasteiger charge is -2.19. The normalized spacial score (nSPS) is 12.0. The molecule has 0 bridgehead atoms. The van der Waals surface area contributed by atoms with Crippen molar-refractivity contribution in [2.45, 2.75) is 20.0 Å². The van der Waals surface area contributed by atoms with Crippen LogP contribution in [0.15, 0.2) is 18.3 Å². The second-order valence-corrected chi connectivity index (χ2v) is 3.99. The molecule has 17 heavy (non-hydrogen) atoms. The molecule has 1 rings (SSSR count). The molecule has 94 valence electrons. The first-order valence-electron chi connectivity index (χ1n) is 5.68. The van der Waals surface area contributed by atoms with E-state index < -0.39 is 6.10 Å². The highest BCUT2D eigenvalue weighted by Gasteiger charge is 2.13. The van der Waals surface area contributed by atoms with Crippen LogP contribution in [-0.2, 0) is 0 Å². The molecule has 0 aliphatic carbocycles. The van der Waals surface area contributed by atoms with Crippen molar-refractivity contribution in [1.29, 1.82) is 0 Å². The van der Waals surface area contributed by atoms with Crippen molar-refractivity contribution in [3.63, 3.8) is 0 Å². The number of anilines is 1. The Kier molecular flexibility index (Phi) is 4.90. The highest BCUT2D eigenvalue weighted by atomic mass is 16.3. The smallest absolute Gasteiger partial charge is 0.253 e. The molecule has 0 saturated heterocycles. The highest BCUT2D eigenvalue weighted by Crippen LogP contribution is 2.09. The largest absolute Gasteiger partial charge is 0.392 e. The fourth-order valence-corrected chi connectivity index (χ4v) is 1.54. The minimum atomic E-state index is -0.529. The molecule has 0 aliphatic rings. The highest BCUT2D eigenvalue weighted by molar-refractivity contribution is 5.94. The number of pyridine rings is 1. The van der Waals surface area contributed by atoms with Gasteiger partial charge in [0.05, 0.1) is 6.10 Å². The number of nitrogens with one attached hydrogen (secondary N) is 1. The van der Waals surface area contributed by atoms with Crippen LogP contribution >= 0.6 is 0 Å². The number of aliphatic hydroxyl groups excluding tert-OH is 1. The van der Waals surface area contributed by atoms with Gasteiger partial charge in [0.25, 0.3) is 5.91 Å². The summed E-state index contributed by atoms with van der Waals surface area (Å²) < 4.78 is 0. The van der Waals surface area contributed by atoms with E-state index in [1.807, 2.05) is 6.92 Å². The molecule has 0 fully saturated rings. The molecule has 1 atom stereocenters. The third-order valence-electron chi connectivity index (χ3n) is 2.25. The summed E-state index contributed by atoms with van der Waals surface area (Å²) in [6.45, 7) is 4.70. The monoisotopic (exact) mass is 237 g/mol. The number of hydrogen-bond donors (Lipinski definition) is 2. The zero-order valence-electron chi connectivity index (χ0n) is 10.5. The summed E-state index contributed by atoms with van der Waals surface area (Å²) in [5, 5.41) is 12.3. The lowest BCUT2D eigenvalue weighted by molar-refractivity contribution is 0.0703. The molecule has 0 aliphatic heterocycles. The topological polar surface area (TPSA) is 65.5 Å². The van der Waals surface area contributed by atoms with E-state index >= 15 is 0 Å². The first-order chi connectivity index (χ1) is 8.04. The summed E-state index contributed by atoms with van der Waals surface area (Å²) in [6, 6.07) is 3.38. The summed E-state index contributed by atoms with van der Waals surface area (Å²) in [7, 11) is 1.67. The zero-order valence-corrected chi connectivity index (χ0v) is 10.5. The summed E-state index contributed by atoms with van der Waals surface area (Å²) in [5.74, 6) is 0.566. The van der Waals surface area contributed by atoms with E-state index in [4.69, 9.17) is 0 Å². The first kappa shape index (κ1) is 13.4. The Morgan fingerprint density at radius 3 is 2.94 bits per heavy atom. The number of carbonyl (C=O) groups excluding carboxylic acids is 1. The minimum absolute atomic E-state index is 0.118. The van der Waals surface area contributed by atoms with Crippen LogP contribution in [0.4, 0.5) is 5.82 Å². The molecule has 0 aromatic carbocycles. The average Bonchev–Trinajstić information content (AvgIpc) is 2.28. The van der Waals surface area contributed by atoms with Crippen LogP contribution in [0, 0.1) is 0 Å². The van der Waals surface area contributed by atoms with Gasteiger partial charge in [-0.3, -0.25) is 4.79 Å². The van der Waals surface area contributed by atoms with Gasteiger partial charge in [0, 0.05) is 31.9 Å². The number of aromatic nitrogens is 1. The summed E-state index contributed by atoms with van der Waals surface area (Å²) >= 11 is 0. The fourth-order valence-electron chi connectivity index (χ4n) is 1.54. The van der Waals surface area contributed by atoms with Gasteiger partial charge in [-0.15, -0.1) is 0 Å². The Balaban J connectivity index is 2.77. The quantitative estimate of drug-likeness (QED) is 0.800. The van der Waals surface area contributed by atoms with Crippen molar-refractivity contribution in [3.8, 4) is 0 Å². The molecule has 1 aromatic heterocycles. The number of carbonyl (C=O) groups is 1. The summed E-state index contributed by atoms with van der Waals surface area (Å²) in [6.07, 6.45) is 1.07. The van der Waals surface area contributed by atoms with Gasteiger partial charge < -0.3 is 15.3 Å². The summed E-state index contributed by atoms with van der Waals surface area (Å²) in [5.41, 5.74) is 0.569. The van der Waals surface area contributed by atoms with Crippen LogP contribution in [0.1, 0.15) is 24.2 Å². The third kappa shape index (κ3) is 4.03. The molecule has 1 heterocycles. The second kappa shape index (κ2) is 6.20. The van der Waals surface area contributed by atoms with Crippen LogP contribution in [0.2, 0.25) is 0 Å². The van der Waals surface area contributed by atoms with Crippen molar-refractivity contribution in [3.05, 3.63) is 23.9 Å². The maximum Gasteiger partial charge on any atom is 0.253 e. The minimum Gasteiger partial charge on any atom is -0.392 e. The molecule has 1 amide bonds. The SMILES string of the molecule is CCNc1cc(C(=O)N(C)CC(C)O)ccn1. The molecular weight excluding hydrogens is 218 g/mol. The molecule has 5 nitrogen and oxygen atoms in total. The van der Waals surface area contributed by atoms with Gasteiger partial charge in [0.15, 0.2) is 0 Å². The Morgan fingerprint density at radius 2 is 2.35 bits per heavy atom. The van der Waals surface area contributed by atoms with E-state index in [2.05, 4.69) is 10.3 Å². The first-order valence-corrected chi connectivity index (χ1v) is 5.68. The Hall–Kier alpha value is -1.62. The van der Waals surface area contributed by atoms with Crippen molar-refractivity contribution >= 4 is 11.7 Å². The van der Waals surface area contributed by atoms with Gasteiger partial charge in [0.2, 0.25) is 0 Å². The average molecular weight is 237 g/mol. The molecular formula is C12H19N3O2. The molecule has 0 radical (unpaired) electrons. The molecule has 0 spiro atoms. The van der Waals surface area contributed by atoms with Gasteiger partial charge in [0.1, 0.15) is 5.82 Å². The van der Waals surface area contributed by atoms with Gasteiger partial charge in [-0.25, -0.2) is 4.98 Å². The van der Waals surface area contributed by atoms with E-state index in [-0.39, 0.29) is 5.91 Å². The second-order valence-electron chi connectivity index (χ2n) is 3.99. The van der Waals surface area contributed by atoms with Crippen molar-refractivity contribution in [2.75, 3.05) is 25.5 Å². The van der Waals surface area contributed by atoms with Crippen molar-refractivity contribution < 1.29 is 9.90 Å². The van der Waals surface area contributed by atoms with Crippen LogP contribution in [-0.4, -0.2) is 47.1 Å². The maximum absolute atomic E-state index is 12.0. The maximum atomic E-state index is 12.0. The number of hydrogen-bond acceptors (Lipinski definition) is 4. The number of nitrogens with zero attached hydrogens (tertiary/aromatic N) is 2. The third-order valence-corrected chi connectivity index (χ3v) is 2.25. The van der Waals surface area contributed by atoms with E-state index in [9.17, 15) is 9.90 Å². The van der Waals surface area contributed by atoms with Gasteiger partial charge in [-0.05, 0) is 26.0 Å². The van der Waals surface area contributed by atoms with Crippen molar-refractivity contribution in [2.24, 2.45) is 0 Å². The Labute approximate surface area is 101 Å². The lowest BCUT2D eigenvalue weighted by atomic mass is 10.2. The lowest BCUT2D eigenvalue weighted by Crippen LogP contribution is -2.33. The molecule has 1 aromatic rings. The van der Waals surface area contributed by atoms with Gasteiger partial charge >= 0.3 is 0 Å². The Morgan fingerprint density at radius 1 is 1.65 bits per heavy atom. The number of aliphatic hydroxyl groups is 1. The zero-order chi connectivity index (χ0) is 12.8. The van der Waals surface area contributed by atoms with E-state index in [0.717, 1.165) is 6.54 Å². The van der Waals surface area contributed by atoms with E-state index in [1.165, 1.54) is 4.90 Å². The molecule has 2 N–H and O–H groups in total. The van der Waals surface area contributed by atoms with Gasteiger partial charge in [-0.1, -0.05) is 0 Å². The van der Waals surface area contributed by atoms with Crippen molar-refractivity contribution in [1.82, 2.24) is 9.88 Å². The van der Waals surface area contributed by atoms with E-state index in [1.54, 1.807) is 32.3 Å². The standard InChI is InChI=1S/C12H19N3O2/c1-4-13-11-7-10(5-6-14-11)12(17)15(3)8-9(2)16/h5-7,9,16H,4,8H2,1-3H3,(H,13,14). The number of amides is 1.